The van der Waals surface area contributed by atoms with Gasteiger partial charge >= 0.3 is 0 Å². The number of nitrogens with one attached hydrogen (secondary N) is 1. The summed E-state index contributed by atoms with van der Waals surface area (Å²) in [5.41, 5.74) is 9.61. The monoisotopic (exact) mass is 2110 g/mol. The molecule has 792 valence electrons. The Labute approximate surface area is 891 Å². The molecule has 5 aliphatic heterocycles. The van der Waals surface area contributed by atoms with E-state index in [0.717, 1.165) is 102 Å². The van der Waals surface area contributed by atoms with Gasteiger partial charge in [-0.3, -0.25) is 9.69 Å². The van der Waals surface area contributed by atoms with Crippen LogP contribution in [0.2, 0.25) is 0 Å². The number of rotatable bonds is 41. The lowest BCUT2D eigenvalue weighted by atomic mass is 9.84. The number of likely N-dealkylation sites (N-methyl/N-ethyl adjacent to an activating group) is 1. The fourth-order valence-electron chi connectivity index (χ4n) is 18.5. The number of piperazine rings is 2. The first kappa shape index (κ1) is 120. The average molecular weight is 2120 g/mol. The van der Waals surface area contributed by atoms with Gasteiger partial charge in [-0.05, 0) is 267 Å². The van der Waals surface area contributed by atoms with E-state index in [4.69, 9.17) is 10.5 Å². The number of nitrogen functional groups attached to an aromatic ring is 1. The predicted molar refractivity (Wildman–Crippen MR) is 623 cm³/mol. The van der Waals surface area contributed by atoms with E-state index in [1.54, 1.807) is 4.90 Å². The molecule has 0 amide bonds. The molecule has 0 aromatic heterocycles. The molecule has 3 N–H and O–H groups in total. The summed E-state index contributed by atoms with van der Waals surface area (Å²) >= 11 is 0. The van der Waals surface area contributed by atoms with Gasteiger partial charge in [-0.25, -0.2) is 25.3 Å². The smallest absolute Gasteiger partial charge is 0.214 e. The Kier molecular flexibility index (Phi) is 56.1. The maximum Gasteiger partial charge on any atom is 0.214 e. The van der Waals surface area contributed by atoms with Crippen molar-refractivity contribution >= 4 is 102 Å². The molecule has 0 radical (unpaired) electrons. The highest BCUT2D eigenvalue weighted by atomic mass is 32.3. The number of para-hydroxylation sites is 1. The van der Waals surface area contributed by atoms with Gasteiger partial charge in [0.1, 0.15) is 38.8 Å². The molecule has 1 saturated carbocycles. The standard InChI is InChI=1S/C19H27OS.C18H23OS.2C18H15S.C17H28N3.C14H23N2O4S2.C12H26N3.C5H11NO3S/c1-15(21-13-5-6-14-21)19(20)18-11-9-17(10-12-18)16-7-3-2-4-8-16;1-2-3-12-19-17-10-11-18(20-13-6-7-14-20)16-9-5-4-8-15(16)17;2*1-4-10-16(11-5-1)19(17-12-6-2-7-13-17)18-14-8-3-9-15-18;1-2-18-11-7-4-8-12-19-13-15-20(16-14-19)17-9-5-3-6-10-17;1-2-3-4-5-6-7-12-21(17,18)16-22(19,20)14-10-8-13(15)9-11-14;1-3-13-7-5-4-6-8-15-11-9-14(2)10-12-15;7-10(8,9)5-1-3-6-4-2-5/h9-12,15-16H,2-8,13-14H2,1H3;4-5,8-11H,2-3,6-7,12-14H2,1H3;2*1-15H;3,5-6,9-10H,2,4,7-8,11-16H2,1H3;8-11H,2-7,12,15H2,1H3;3-12H2,1-2H3;5-6H,1-4H2,(H,7,8,9)/q4*+1;3*-1;/p-1. The van der Waals surface area contributed by atoms with E-state index >= 15 is 0 Å². The van der Waals surface area contributed by atoms with Gasteiger partial charge in [0.05, 0.1) is 53.8 Å². The number of benzene rings is 11. The first-order valence-corrected chi connectivity index (χ1v) is 64.2. The minimum atomic E-state index is -4.20. The number of piperidine rings is 1. The third kappa shape index (κ3) is 43.6. The summed E-state index contributed by atoms with van der Waals surface area (Å²) in [5.74, 6) is 7.21. The number of fused-ring (bicyclic) bond motifs is 1. The lowest BCUT2D eigenvalue weighted by Crippen LogP contribution is -2.46. The van der Waals surface area contributed by atoms with Crippen LogP contribution >= 0.6 is 0 Å². The number of carbonyl (C=O) groups excluding carboxylic acids is 1. The van der Waals surface area contributed by atoms with Gasteiger partial charge in [-0.2, -0.15) is 13.1 Å². The maximum atomic E-state index is 12.6. The summed E-state index contributed by atoms with van der Waals surface area (Å²) in [6.45, 7) is 29.2. The van der Waals surface area contributed by atoms with Crippen LogP contribution in [0.25, 0.3) is 25.5 Å². The molecule has 0 bridgehead atoms. The molecule has 1 aliphatic carbocycles. The molecule has 11 aromatic rings. The van der Waals surface area contributed by atoms with Crippen LogP contribution in [-0.4, -0.2) is 208 Å². The van der Waals surface area contributed by atoms with E-state index in [1.165, 1.54) is 254 Å². The molecule has 146 heavy (non-hydrogen) atoms. The van der Waals surface area contributed by atoms with Crippen LogP contribution < -0.4 is 20.7 Å². The second-order valence-corrected chi connectivity index (χ2v) is 52.2. The van der Waals surface area contributed by atoms with Crippen LogP contribution in [0.3, 0.4) is 0 Å². The molecule has 6 aliphatic rings. The summed E-state index contributed by atoms with van der Waals surface area (Å²) < 4.78 is 87.8. The van der Waals surface area contributed by atoms with E-state index in [-0.39, 0.29) is 37.7 Å². The van der Waals surface area contributed by atoms with Crippen LogP contribution in [0.4, 0.5) is 11.4 Å². The average Bonchev–Trinajstić information content (AvgIpc) is 1.40. The topological polar surface area (TPSA) is 245 Å². The molecular formula is C121H167N9O9S7. The quantitative estimate of drug-likeness (QED) is 0.0119. The van der Waals surface area contributed by atoms with Gasteiger partial charge in [-0.1, -0.05) is 281 Å². The van der Waals surface area contributed by atoms with Crippen molar-refractivity contribution in [3.8, 4) is 5.75 Å². The highest BCUT2D eigenvalue weighted by Crippen LogP contribution is 2.38. The normalized spacial score (nSPS) is 15.9. The van der Waals surface area contributed by atoms with Gasteiger partial charge < -0.3 is 49.8 Å². The van der Waals surface area contributed by atoms with Gasteiger partial charge in [0.2, 0.25) is 5.78 Å². The van der Waals surface area contributed by atoms with Crippen LogP contribution in [0, 0.1) is 0 Å². The van der Waals surface area contributed by atoms with Crippen molar-refractivity contribution in [1.82, 2.24) is 20.0 Å². The summed E-state index contributed by atoms with van der Waals surface area (Å²) in [4.78, 5) is 32.3. The molecule has 1 atom stereocenters. The molecule has 1 unspecified atom stereocenters. The zero-order valence-corrected chi connectivity index (χ0v) is 93.7. The third-order valence-electron chi connectivity index (χ3n) is 27.0. The molecule has 5 saturated heterocycles. The zero-order chi connectivity index (χ0) is 104. The Morgan fingerprint density at radius 3 is 1.31 bits per heavy atom. The third-order valence-corrected chi connectivity index (χ3v) is 41.5. The van der Waals surface area contributed by atoms with Gasteiger partial charge in [0.15, 0.2) is 39.5 Å². The number of sulfonamides is 2. The Bertz CT molecular complexity index is 5370. The predicted octanol–water partition coefficient (Wildman–Crippen LogP) is 26.5. The number of ether oxygens (including phenoxy) is 1. The first-order chi connectivity index (χ1) is 71.1. The van der Waals surface area contributed by atoms with Crippen molar-refractivity contribution in [2.45, 2.75) is 251 Å². The number of carbonyl (C=O) groups is 1. The molecule has 25 heteroatoms. The lowest BCUT2D eigenvalue weighted by Gasteiger charge is -2.36. The molecule has 11 aromatic carbocycles. The highest BCUT2D eigenvalue weighted by Gasteiger charge is 2.37. The van der Waals surface area contributed by atoms with Crippen LogP contribution in [0.1, 0.15) is 217 Å². The Morgan fingerprint density at radius 2 is 0.863 bits per heavy atom. The number of nitrogens with zero attached hydrogens (tertiary/aromatic N) is 7. The molecule has 17 rings (SSSR count). The number of Topliss-reactive ketones (excluding diaryl/α,β-unsaturated/α-hetero) is 1. The SMILES string of the molecule is CC(C(=O)c1ccc(C2CCCCC2)cc1)[S+]1CCCC1.CCCCCCCCS(=O)(=O)[N-]S(=O)(=O)c1ccc(N)cc1.CCCCOc1ccc([S+]2CCCC2)c2ccccc12.CC[N-]CCCCCN1CCN(C)CC1.CC[N-]CCCCCN1CCN(c2ccccc2)CC1.O=S(=O)([O-])C1CCNCC1.c1ccc([S+](c2ccccc2)c2ccccc2)cc1.c1ccc([S+](c2ccccc2)c2ccccc2)cc1. The zero-order valence-electron chi connectivity index (χ0n) is 88.0. The fourth-order valence-corrected chi connectivity index (χ4v) is 31.4. The van der Waals surface area contributed by atoms with E-state index in [1.807, 2.05) is 0 Å². The van der Waals surface area contributed by atoms with E-state index < -0.39 is 35.4 Å². The van der Waals surface area contributed by atoms with Crippen molar-refractivity contribution in [3.63, 3.8) is 0 Å². The number of unbranched alkanes of at least 4 members (excludes halogenated alkanes) is 10. The Balaban J connectivity index is 0.000000172. The highest BCUT2D eigenvalue weighted by molar-refractivity contribution is 8.12. The van der Waals surface area contributed by atoms with Crippen molar-refractivity contribution < 1.29 is 39.3 Å². The number of ketones is 1. The number of nitrogens with two attached hydrogens (primary N) is 1. The summed E-state index contributed by atoms with van der Waals surface area (Å²) in [7, 11) is -9.22. The molecule has 5 heterocycles. The van der Waals surface area contributed by atoms with Gasteiger partial charge in [0.25, 0.3) is 0 Å². The number of anilines is 2. The fraction of sp³-hybridized carbons (Fsp3) is 0.463. The number of hydrogen-bond donors (Lipinski definition) is 2. The lowest BCUT2D eigenvalue weighted by molar-refractivity contribution is 0.0993. The van der Waals surface area contributed by atoms with E-state index in [0.29, 0.717) is 65.6 Å². The minimum absolute atomic E-state index is 0.0146. The molecule has 18 nitrogen and oxygen atoms in total. The van der Waals surface area contributed by atoms with E-state index in [2.05, 4.69) is 354 Å². The van der Waals surface area contributed by atoms with Gasteiger partial charge in [-0.15, -0.1) is 13.1 Å². The number of hydrogen-bond acceptors (Lipinski definition) is 15. The van der Waals surface area contributed by atoms with Crippen LogP contribution in [-0.2, 0) is 73.7 Å². The van der Waals surface area contributed by atoms with Crippen molar-refractivity contribution in [2.75, 3.05) is 158 Å². The Morgan fingerprint density at radius 1 is 0.445 bits per heavy atom. The van der Waals surface area contributed by atoms with E-state index in [9.17, 15) is 34.6 Å². The molecule has 6 fully saturated rings. The van der Waals surface area contributed by atoms with Crippen LogP contribution in [0.5, 0.6) is 5.75 Å². The van der Waals surface area contributed by atoms with Gasteiger partial charge in [0, 0.05) is 102 Å². The Hall–Kier alpha value is -8.32. The van der Waals surface area contributed by atoms with Crippen LogP contribution in [0.15, 0.2) is 336 Å². The van der Waals surface area contributed by atoms with Crippen molar-refractivity contribution in [2.24, 2.45) is 0 Å². The first-order valence-electron chi connectivity index (χ1n) is 54.0. The second-order valence-electron chi connectivity index (χ2n) is 38.1. The summed E-state index contributed by atoms with van der Waals surface area (Å²) in [6.07, 6.45) is 28.8. The largest absolute Gasteiger partial charge is 0.748 e. The van der Waals surface area contributed by atoms with Crippen molar-refractivity contribution in [1.29, 1.82) is 0 Å². The summed E-state index contributed by atoms with van der Waals surface area (Å²) in [5, 5.41) is 14.0. The maximum absolute atomic E-state index is 12.6. The molecule has 0 spiro atoms. The minimum Gasteiger partial charge on any atom is -0.748 e. The summed E-state index contributed by atoms with van der Waals surface area (Å²) in [6, 6.07) is 102. The van der Waals surface area contributed by atoms with Crippen molar-refractivity contribution in [3.05, 3.63) is 323 Å². The molecular weight excluding hydrogens is 1950 g/mol. The second kappa shape index (κ2) is 68.5.